The number of rotatable bonds is 2. The number of furan rings is 1. The van der Waals surface area contributed by atoms with E-state index in [-0.39, 0.29) is 16.1 Å². The van der Waals surface area contributed by atoms with Gasteiger partial charge in [0.25, 0.3) is 5.95 Å². The summed E-state index contributed by atoms with van der Waals surface area (Å²) in [4.78, 5) is 6.86. The molecule has 0 aliphatic rings. The van der Waals surface area contributed by atoms with E-state index in [2.05, 4.69) is 15.1 Å². The Kier molecular flexibility index (Phi) is 3.57. The molecule has 0 N–H and O–H groups in total. The monoisotopic (exact) mass is 348 g/mol. The van der Waals surface area contributed by atoms with Crippen LogP contribution < -0.4 is 0 Å². The molecule has 0 amide bonds. The number of alkyl halides is 6. The number of hydrogen-bond donors (Lipinski definition) is 0. The zero-order chi connectivity index (χ0) is 17.5. The van der Waals surface area contributed by atoms with Crippen molar-refractivity contribution in [3.63, 3.8) is 0 Å². The van der Waals surface area contributed by atoms with Crippen LogP contribution in [0.2, 0.25) is 0 Å². The van der Waals surface area contributed by atoms with Crippen molar-refractivity contribution in [2.45, 2.75) is 12.4 Å². The third-order valence-corrected chi connectivity index (χ3v) is 2.90. The fourth-order valence-corrected chi connectivity index (χ4v) is 1.90. The summed E-state index contributed by atoms with van der Waals surface area (Å²) in [6, 6.07) is 3.91. The van der Waals surface area contributed by atoms with Crippen LogP contribution >= 0.6 is 0 Å². The second kappa shape index (κ2) is 5.35. The van der Waals surface area contributed by atoms with Crippen LogP contribution in [-0.4, -0.2) is 19.7 Å². The van der Waals surface area contributed by atoms with Gasteiger partial charge < -0.3 is 4.42 Å². The van der Waals surface area contributed by atoms with Crippen LogP contribution in [0.3, 0.4) is 0 Å². The molecule has 3 aromatic heterocycles. The van der Waals surface area contributed by atoms with Crippen molar-refractivity contribution in [1.82, 2.24) is 19.7 Å². The second-order valence-corrected chi connectivity index (χ2v) is 4.54. The summed E-state index contributed by atoms with van der Waals surface area (Å²) in [5.41, 5.74) is -3.03. The van der Waals surface area contributed by atoms with Gasteiger partial charge in [0.2, 0.25) is 0 Å². The number of nitrogens with zero attached hydrogens (tertiary/aromatic N) is 4. The van der Waals surface area contributed by atoms with Crippen molar-refractivity contribution >= 4 is 0 Å². The Bertz CT molecular complexity index is 850. The summed E-state index contributed by atoms with van der Waals surface area (Å²) in [7, 11) is 0. The molecule has 3 aromatic rings. The molecule has 0 aliphatic heterocycles. The van der Waals surface area contributed by atoms with Gasteiger partial charge in [-0.25, -0.2) is 9.97 Å². The van der Waals surface area contributed by atoms with Crippen molar-refractivity contribution < 1.29 is 30.8 Å². The lowest BCUT2D eigenvalue weighted by Gasteiger charge is -2.12. The van der Waals surface area contributed by atoms with Gasteiger partial charge in [0.05, 0.1) is 12.5 Å². The Morgan fingerprint density at radius 3 is 2.29 bits per heavy atom. The molecule has 0 aliphatic carbocycles. The van der Waals surface area contributed by atoms with Crippen LogP contribution in [0.1, 0.15) is 11.4 Å². The van der Waals surface area contributed by atoms with E-state index in [0.29, 0.717) is 12.1 Å². The van der Waals surface area contributed by atoms with Gasteiger partial charge in [0.1, 0.15) is 5.69 Å². The smallest absolute Gasteiger partial charge is 0.433 e. The highest BCUT2D eigenvalue weighted by Gasteiger charge is 2.38. The number of aromatic nitrogens is 4. The van der Waals surface area contributed by atoms with E-state index < -0.39 is 29.7 Å². The molecule has 0 saturated carbocycles. The first-order valence-electron chi connectivity index (χ1n) is 6.28. The lowest BCUT2D eigenvalue weighted by atomic mass is 10.2. The van der Waals surface area contributed by atoms with Gasteiger partial charge in [-0.1, -0.05) is 0 Å². The molecule has 126 valence electrons. The van der Waals surface area contributed by atoms with E-state index >= 15 is 0 Å². The van der Waals surface area contributed by atoms with Crippen molar-refractivity contribution in [1.29, 1.82) is 0 Å². The van der Waals surface area contributed by atoms with Gasteiger partial charge in [-0.3, -0.25) is 0 Å². The molecule has 11 heteroatoms. The molecule has 0 fully saturated rings. The molecule has 24 heavy (non-hydrogen) atoms. The molecular formula is C13H6F6N4O. The topological polar surface area (TPSA) is 56.7 Å². The summed E-state index contributed by atoms with van der Waals surface area (Å²) in [5.74, 6) is -0.918. The average Bonchev–Trinajstić information content (AvgIpc) is 3.16. The third kappa shape index (κ3) is 2.96. The third-order valence-electron chi connectivity index (χ3n) is 2.90. The van der Waals surface area contributed by atoms with Gasteiger partial charge >= 0.3 is 12.4 Å². The van der Waals surface area contributed by atoms with Gasteiger partial charge in [-0.2, -0.15) is 36.1 Å². The Labute approximate surface area is 129 Å². The minimum absolute atomic E-state index is 0.0511. The first kappa shape index (κ1) is 16.0. The SMILES string of the molecule is FC(F)(F)c1cc(-c2ccco2)nc(-n2nccc2C(F)(F)F)n1. The Balaban J connectivity index is 2.22. The molecule has 0 bridgehead atoms. The standard InChI is InChI=1S/C13H6F6N4O/c14-12(15,16)9-6-7(8-2-1-5-24-8)21-11(22-9)23-10(3-4-20-23)13(17,18)19/h1-6H. The van der Waals surface area contributed by atoms with Crippen molar-refractivity contribution in [3.8, 4) is 17.4 Å². The minimum atomic E-state index is -4.88. The van der Waals surface area contributed by atoms with Crippen molar-refractivity contribution in [2.24, 2.45) is 0 Å². The number of halogens is 6. The van der Waals surface area contributed by atoms with Crippen molar-refractivity contribution in [2.75, 3.05) is 0 Å². The molecule has 3 heterocycles. The fourth-order valence-electron chi connectivity index (χ4n) is 1.90. The molecule has 0 atom stereocenters. The molecule has 0 unspecified atom stereocenters. The second-order valence-electron chi connectivity index (χ2n) is 4.54. The average molecular weight is 348 g/mol. The summed E-state index contributed by atoms with van der Waals surface area (Å²) in [6.07, 6.45) is -7.73. The zero-order valence-corrected chi connectivity index (χ0v) is 11.4. The maximum Gasteiger partial charge on any atom is 0.433 e. The van der Waals surface area contributed by atoms with Gasteiger partial charge in [-0.15, -0.1) is 0 Å². The normalized spacial score (nSPS) is 12.6. The quantitative estimate of drug-likeness (QED) is 0.658. The predicted octanol–water partition coefficient (Wildman–Crippen LogP) is 3.96. The largest absolute Gasteiger partial charge is 0.463 e. The molecule has 5 nitrogen and oxygen atoms in total. The lowest BCUT2D eigenvalue weighted by Crippen LogP contribution is -2.18. The number of hydrogen-bond acceptors (Lipinski definition) is 4. The van der Waals surface area contributed by atoms with Gasteiger partial charge in [0, 0.05) is 0 Å². The molecule has 0 spiro atoms. The van der Waals surface area contributed by atoms with Gasteiger partial charge in [0.15, 0.2) is 17.1 Å². The van der Waals surface area contributed by atoms with E-state index in [9.17, 15) is 26.3 Å². The molecule has 0 radical (unpaired) electrons. The predicted molar refractivity (Wildman–Crippen MR) is 66.9 cm³/mol. The molecule has 0 saturated heterocycles. The molecular weight excluding hydrogens is 342 g/mol. The Morgan fingerprint density at radius 1 is 0.958 bits per heavy atom. The summed E-state index contributed by atoms with van der Waals surface area (Å²) >= 11 is 0. The molecule has 0 aromatic carbocycles. The summed E-state index contributed by atoms with van der Waals surface area (Å²) in [5, 5.41) is 3.37. The Morgan fingerprint density at radius 2 is 1.71 bits per heavy atom. The minimum Gasteiger partial charge on any atom is -0.463 e. The van der Waals surface area contributed by atoms with Crippen LogP contribution in [0.5, 0.6) is 0 Å². The zero-order valence-electron chi connectivity index (χ0n) is 11.4. The van der Waals surface area contributed by atoms with Crippen molar-refractivity contribution in [3.05, 3.63) is 48.1 Å². The van der Waals surface area contributed by atoms with Crippen LogP contribution in [-0.2, 0) is 12.4 Å². The van der Waals surface area contributed by atoms with E-state index in [4.69, 9.17) is 4.42 Å². The maximum atomic E-state index is 13.0. The summed E-state index contributed by atoms with van der Waals surface area (Å²) in [6.45, 7) is 0. The lowest BCUT2D eigenvalue weighted by molar-refractivity contribution is -0.143. The first-order chi connectivity index (χ1) is 11.2. The fraction of sp³-hybridized carbons (Fsp3) is 0.154. The maximum absolute atomic E-state index is 13.0. The van der Waals surface area contributed by atoms with Crippen LogP contribution in [0, 0.1) is 0 Å². The first-order valence-corrected chi connectivity index (χ1v) is 6.28. The summed E-state index contributed by atoms with van der Waals surface area (Å²) < 4.78 is 82.9. The highest BCUT2D eigenvalue weighted by molar-refractivity contribution is 5.53. The van der Waals surface area contributed by atoms with Crippen LogP contribution in [0.15, 0.2) is 41.1 Å². The van der Waals surface area contributed by atoms with E-state index in [1.807, 2.05) is 0 Å². The van der Waals surface area contributed by atoms with Crippen LogP contribution in [0.4, 0.5) is 26.3 Å². The van der Waals surface area contributed by atoms with E-state index in [1.54, 1.807) is 0 Å². The van der Waals surface area contributed by atoms with Gasteiger partial charge in [-0.05, 0) is 24.3 Å². The highest BCUT2D eigenvalue weighted by atomic mass is 19.4. The van der Waals surface area contributed by atoms with E-state index in [1.165, 1.54) is 18.4 Å². The van der Waals surface area contributed by atoms with Crippen LogP contribution in [0.25, 0.3) is 17.4 Å². The van der Waals surface area contributed by atoms with E-state index in [0.717, 1.165) is 6.20 Å². The Hall–Kier alpha value is -2.85. The highest BCUT2D eigenvalue weighted by Crippen LogP contribution is 2.33. The molecule has 3 rings (SSSR count).